The maximum atomic E-state index is 10.8. The van der Waals surface area contributed by atoms with Gasteiger partial charge >= 0.3 is 5.97 Å². The Kier molecular flexibility index (Phi) is 3.48. The van der Waals surface area contributed by atoms with Crippen molar-refractivity contribution in [2.75, 3.05) is 0 Å². The van der Waals surface area contributed by atoms with Crippen molar-refractivity contribution in [3.63, 3.8) is 0 Å². The Bertz CT molecular complexity index is 599. The van der Waals surface area contributed by atoms with E-state index in [1.54, 1.807) is 18.3 Å². The topological polar surface area (TPSA) is 59.4 Å². The van der Waals surface area contributed by atoms with E-state index in [9.17, 15) is 4.79 Å². The summed E-state index contributed by atoms with van der Waals surface area (Å²) in [4.78, 5) is 14.8. The van der Waals surface area contributed by atoms with Crippen molar-refractivity contribution >= 4 is 17.6 Å². The zero-order chi connectivity index (χ0) is 13.1. The van der Waals surface area contributed by atoms with E-state index in [0.717, 1.165) is 5.56 Å². The molecule has 0 fully saturated rings. The van der Waals surface area contributed by atoms with Gasteiger partial charge in [-0.3, -0.25) is 0 Å². The molecule has 1 aromatic heterocycles. The highest BCUT2D eigenvalue weighted by Crippen LogP contribution is 2.26. The van der Waals surface area contributed by atoms with Gasteiger partial charge in [0.05, 0.1) is 10.6 Å². The maximum Gasteiger partial charge on any atom is 0.337 e. The Morgan fingerprint density at radius 2 is 2.11 bits per heavy atom. The summed E-state index contributed by atoms with van der Waals surface area (Å²) in [6.45, 7) is 1.93. The van der Waals surface area contributed by atoms with E-state index in [0.29, 0.717) is 11.6 Å². The summed E-state index contributed by atoms with van der Waals surface area (Å²) in [5.74, 6) is -0.183. The van der Waals surface area contributed by atoms with Crippen LogP contribution in [0.1, 0.15) is 15.9 Å². The molecular formula is C13H10ClNO3. The molecular weight excluding hydrogens is 254 g/mol. The summed E-state index contributed by atoms with van der Waals surface area (Å²) in [6.07, 6.45) is 1.64. The van der Waals surface area contributed by atoms with Crippen LogP contribution in [-0.2, 0) is 0 Å². The lowest BCUT2D eigenvalue weighted by atomic mass is 10.2. The number of rotatable bonds is 3. The van der Waals surface area contributed by atoms with Gasteiger partial charge < -0.3 is 9.84 Å². The molecule has 2 rings (SSSR count). The van der Waals surface area contributed by atoms with Gasteiger partial charge in [0.1, 0.15) is 5.75 Å². The van der Waals surface area contributed by atoms with Crippen molar-refractivity contribution in [1.29, 1.82) is 0 Å². The first-order chi connectivity index (χ1) is 8.56. The van der Waals surface area contributed by atoms with Crippen LogP contribution in [0, 0.1) is 6.92 Å². The third-order valence-electron chi connectivity index (χ3n) is 2.28. The number of aromatic nitrogens is 1. The average Bonchev–Trinajstić information content (AvgIpc) is 2.28. The number of halogens is 1. The van der Waals surface area contributed by atoms with Gasteiger partial charge in [-0.25, -0.2) is 9.78 Å². The minimum absolute atomic E-state index is 0.0428. The highest BCUT2D eigenvalue weighted by Gasteiger charge is 2.09. The van der Waals surface area contributed by atoms with Crippen LogP contribution in [0.5, 0.6) is 11.6 Å². The van der Waals surface area contributed by atoms with Crippen LogP contribution >= 0.6 is 11.6 Å². The fourth-order valence-corrected chi connectivity index (χ4v) is 1.67. The molecule has 5 heteroatoms. The lowest BCUT2D eigenvalue weighted by Crippen LogP contribution is -1.97. The molecule has 1 N–H and O–H groups in total. The highest BCUT2D eigenvalue weighted by atomic mass is 35.5. The van der Waals surface area contributed by atoms with Crippen molar-refractivity contribution in [2.45, 2.75) is 6.92 Å². The van der Waals surface area contributed by atoms with Crippen molar-refractivity contribution in [1.82, 2.24) is 4.98 Å². The highest BCUT2D eigenvalue weighted by molar-refractivity contribution is 6.33. The van der Waals surface area contributed by atoms with Gasteiger partial charge in [-0.05, 0) is 30.7 Å². The standard InChI is InChI=1S/C13H10ClNO3/c1-8-4-5-15-12(6-8)18-9-2-3-10(13(16)17)11(14)7-9/h2-7H,1H3,(H,16,17). The minimum Gasteiger partial charge on any atom is -0.478 e. The fraction of sp³-hybridized carbons (Fsp3) is 0.0769. The third kappa shape index (κ3) is 2.78. The van der Waals surface area contributed by atoms with Gasteiger partial charge in [0.25, 0.3) is 0 Å². The zero-order valence-electron chi connectivity index (χ0n) is 9.55. The Hall–Kier alpha value is -2.07. The summed E-state index contributed by atoms with van der Waals surface area (Å²) in [7, 11) is 0. The van der Waals surface area contributed by atoms with Gasteiger partial charge in [0.2, 0.25) is 5.88 Å². The van der Waals surface area contributed by atoms with Crippen LogP contribution in [0.2, 0.25) is 5.02 Å². The van der Waals surface area contributed by atoms with Gasteiger partial charge in [0.15, 0.2) is 0 Å². The second-order valence-electron chi connectivity index (χ2n) is 3.72. The van der Waals surface area contributed by atoms with Gasteiger partial charge in [-0.15, -0.1) is 0 Å². The van der Waals surface area contributed by atoms with Crippen LogP contribution in [0.25, 0.3) is 0 Å². The van der Waals surface area contributed by atoms with Gasteiger partial charge in [-0.2, -0.15) is 0 Å². The predicted molar refractivity (Wildman–Crippen MR) is 67.5 cm³/mol. The fourth-order valence-electron chi connectivity index (χ4n) is 1.42. The van der Waals surface area contributed by atoms with Crippen LogP contribution in [0.3, 0.4) is 0 Å². The number of carboxylic acid groups (broad SMARTS) is 1. The molecule has 18 heavy (non-hydrogen) atoms. The molecule has 0 aliphatic rings. The number of pyridine rings is 1. The van der Waals surface area contributed by atoms with Crippen molar-refractivity contribution in [3.05, 3.63) is 52.7 Å². The minimum atomic E-state index is -1.07. The predicted octanol–water partition coefficient (Wildman–Crippen LogP) is 3.53. The number of aromatic carboxylic acids is 1. The number of carbonyl (C=O) groups is 1. The van der Waals surface area contributed by atoms with E-state index in [-0.39, 0.29) is 10.6 Å². The van der Waals surface area contributed by atoms with E-state index in [4.69, 9.17) is 21.4 Å². The molecule has 0 saturated carbocycles. The molecule has 0 bridgehead atoms. The van der Waals surface area contributed by atoms with Crippen molar-refractivity contribution in [2.24, 2.45) is 0 Å². The Labute approximate surface area is 109 Å². The van der Waals surface area contributed by atoms with Crippen molar-refractivity contribution in [3.8, 4) is 11.6 Å². The SMILES string of the molecule is Cc1ccnc(Oc2ccc(C(=O)O)c(Cl)c2)c1. The Balaban J connectivity index is 2.25. The largest absolute Gasteiger partial charge is 0.478 e. The Morgan fingerprint density at radius 3 is 2.72 bits per heavy atom. The molecule has 0 aliphatic heterocycles. The quantitative estimate of drug-likeness (QED) is 0.920. The first kappa shape index (κ1) is 12.4. The van der Waals surface area contributed by atoms with E-state index in [1.807, 2.05) is 13.0 Å². The van der Waals surface area contributed by atoms with Crippen molar-refractivity contribution < 1.29 is 14.6 Å². The molecule has 2 aromatic rings. The molecule has 92 valence electrons. The number of aryl methyl sites for hydroxylation is 1. The molecule has 0 atom stereocenters. The maximum absolute atomic E-state index is 10.8. The average molecular weight is 264 g/mol. The number of carboxylic acids is 1. The number of ether oxygens (including phenoxy) is 1. The molecule has 0 aliphatic carbocycles. The monoisotopic (exact) mass is 263 g/mol. The summed E-state index contributed by atoms with van der Waals surface area (Å²) < 4.78 is 5.49. The normalized spacial score (nSPS) is 10.1. The van der Waals surface area contributed by atoms with Crippen LogP contribution in [-0.4, -0.2) is 16.1 Å². The summed E-state index contributed by atoms with van der Waals surface area (Å²) >= 11 is 5.84. The number of benzene rings is 1. The molecule has 0 saturated heterocycles. The first-order valence-electron chi connectivity index (χ1n) is 5.19. The number of hydrogen-bond acceptors (Lipinski definition) is 3. The second kappa shape index (κ2) is 5.06. The molecule has 0 amide bonds. The molecule has 0 radical (unpaired) electrons. The van der Waals surface area contributed by atoms with E-state index < -0.39 is 5.97 Å². The zero-order valence-corrected chi connectivity index (χ0v) is 10.3. The summed E-state index contributed by atoms with van der Waals surface area (Å²) in [5, 5.41) is 8.98. The first-order valence-corrected chi connectivity index (χ1v) is 5.57. The van der Waals surface area contributed by atoms with E-state index in [1.165, 1.54) is 12.1 Å². The molecule has 0 spiro atoms. The van der Waals surface area contributed by atoms with Gasteiger partial charge in [-0.1, -0.05) is 11.6 Å². The van der Waals surface area contributed by atoms with E-state index >= 15 is 0 Å². The second-order valence-corrected chi connectivity index (χ2v) is 4.13. The third-order valence-corrected chi connectivity index (χ3v) is 2.60. The smallest absolute Gasteiger partial charge is 0.337 e. The van der Waals surface area contributed by atoms with Gasteiger partial charge in [0, 0.05) is 18.3 Å². The number of nitrogens with zero attached hydrogens (tertiary/aromatic N) is 1. The van der Waals surface area contributed by atoms with Crippen LogP contribution in [0.4, 0.5) is 0 Å². The van der Waals surface area contributed by atoms with E-state index in [2.05, 4.69) is 4.98 Å². The van der Waals surface area contributed by atoms with Crippen LogP contribution < -0.4 is 4.74 Å². The molecule has 0 unspecified atom stereocenters. The Morgan fingerprint density at radius 1 is 1.33 bits per heavy atom. The molecule has 1 heterocycles. The summed E-state index contributed by atoms with van der Waals surface area (Å²) in [6, 6.07) is 8.02. The summed E-state index contributed by atoms with van der Waals surface area (Å²) in [5.41, 5.74) is 1.06. The number of hydrogen-bond donors (Lipinski definition) is 1. The lowest BCUT2D eigenvalue weighted by molar-refractivity contribution is 0.0697. The van der Waals surface area contributed by atoms with Crippen LogP contribution in [0.15, 0.2) is 36.5 Å². The molecule has 4 nitrogen and oxygen atoms in total. The molecule has 1 aromatic carbocycles. The lowest BCUT2D eigenvalue weighted by Gasteiger charge is -2.06.